The first kappa shape index (κ1) is 19.8. The standard InChI is InChI=1S/C15H37N5/c16-8-1-2-10-18-11-3-4-12-19-13-5-6-14-20-15-7-9-17/h18-20H,1-17H2. The van der Waals surface area contributed by atoms with Gasteiger partial charge in [-0.3, -0.25) is 0 Å². The first-order valence-electron chi connectivity index (χ1n) is 8.44. The van der Waals surface area contributed by atoms with Crippen LogP contribution in [-0.4, -0.2) is 52.4 Å². The highest BCUT2D eigenvalue weighted by molar-refractivity contribution is 4.54. The van der Waals surface area contributed by atoms with Gasteiger partial charge in [0.25, 0.3) is 0 Å². The lowest BCUT2D eigenvalue weighted by molar-refractivity contribution is 0.546. The van der Waals surface area contributed by atoms with E-state index >= 15 is 0 Å². The lowest BCUT2D eigenvalue weighted by atomic mass is 10.2. The fraction of sp³-hybridized carbons (Fsp3) is 1.00. The number of rotatable bonds is 17. The number of hydrogen-bond donors (Lipinski definition) is 5. The van der Waals surface area contributed by atoms with Gasteiger partial charge >= 0.3 is 0 Å². The van der Waals surface area contributed by atoms with Crippen molar-refractivity contribution in [1.82, 2.24) is 16.0 Å². The molecular weight excluding hydrogens is 250 g/mol. The van der Waals surface area contributed by atoms with Crippen LogP contribution in [-0.2, 0) is 0 Å². The van der Waals surface area contributed by atoms with Crippen LogP contribution in [0.1, 0.15) is 44.9 Å². The molecule has 0 heterocycles. The molecular formula is C15H37N5. The molecule has 0 aromatic heterocycles. The first-order chi connectivity index (χ1) is 9.91. The summed E-state index contributed by atoms with van der Waals surface area (Å²) in [6.07, 6.45) is 8.45. The minimum Gasteiger partial charge on any atom is -0.330 e. The van der Waals surface area contributed by atoms with E-state index in [0.717, 1.165) is 65.2 Å². The summed E-state index contributed by atoms with van der Waals surface area (Å²) in [5.74, 6) is 0. The summed E-state index contributed by atoms with van der Waals surface area (Å²) >= 11 is 0. The Labute approximate surface area is 125 Å². The smallest absolute Gasteiger partial charge is 0.00369 e. The molecule has 122 valence electrons. The largest absolute Gasteiger partial charge is 0.330 e. The Morgan fingerprint density at radius 1 is 0.400 bits per heavy atom. The van der Waals surface area contributed by atoms with Crippen LogP contribution in [0.15, 0.2) is 0 Å². The van der Waals surface area contributed by atoms with Crippen LogP contribution in [0, 0.1) is 0 Å². The van der Waals surface area contributed by atoms with Crippen LogP contribution < -0.4 is 27.4 Å². The predicted octanol–water partition coefficient (Wildman–Crippen LogP) is 0.403. The highest BCUT2D eigenvalue weighted by atomic mass is 14.9. The zero-order valence-corrected chi connectivity index (χ0v) is 13.3. The van der Waals surface area contributed by atoms with Gasteiger partial charge in [0.15, 0.2) is 0 Å². The molecule has 0 saturated carbocycles. The summed E-state index contributed by atoms with van der Waals surface area (Å²) in [4.78, 5) is 0. The normalized spacial score (nSPS) is 11.1. The molecule has 0 aromatic carbocycles. The Hall–Kier alpha value is -0.200. The molecule has 0 rings (SSSR count). The maximum Gasteiger partial charge on any atom is -0.00369 e. The van der Waals surface area contributed by atoms with Crippen molar-refractivity contribution in [3.05, 3.63) is 0 Å². The summed E-state index contributed by atoms with van der Waals surface area (Å²) < 4.78 is 0. The van der Waals surface area contributed by atoms with Gasteiger partial charge in [-0.25, -0.2) is 0 Å². The van der Waals surface area contributed by atoms with Crippen molar-refractivity contribution >= 4 is 0 Å². The average molecular weight is 287 g/mol. The molecule has 0 unspecified atom stereocenters. The molecule has 0 aliphatic rings. The number of nitrogens with two attached hydrogens (primary N) is 2. The lowest BCUT2D eigenvalue weighted by Gasteiger charge is -2.06. The van der Waals surface area contributed by atoms with Gasteiger partial charge in [-0.2, -0.15) is 0 Å². The zero-order chi connectivity index (χ0) is 14.7. The summed E-state index contributed by atoms with van der Waals surface area (Å²) in [7, 11) is 0. The van der Waals surface area contributed by atoms with Gasteiger partial charge in [0.05, 0.1) is 0 Å². The van der Waals surface area contributed by atoms with E-state index in [0.29, 0.717) is 0 Å². The Morgan fingerprint density at radius 2 is 0.700 bits per heavy atom. The third kappa shape index (κ3) is 17.8. The van der Waals surface area contributed by atoms with E-state index in [9.17, 15) is 0 Å². The van der Waals surface area contributed by atoms with Crippen molar-refractivity contribution in [3.8, 4) is 0 Å². The van der Waals surface area contributed by atoms with Crippen molar-refractivity contribution in [2.24, 2.45) is 11.5 Å². The molecule has 20 heavy (non-hydrogen) atoms. The number of hydrogen-bond acceptors (Lipinski definition) is 5. The fourth-order valence-corrected chi connectivity index (χ4v) is 2.00. The highest BCUT2D eigenvalue weighted by Gasteiger charge is 1.92. The monoisotopic (exact) mass is 287 g/mol. The van der Waals surface area contributed by atoms with Crippen molar-refractivity contribution in [2.75, 3.05) is 52.4 Å². The third-order valence-electron chi connectivity index (χ3n) is 3.28. The van der Waals surface area contributed by atoms with Crippen LogP contribution in [0.5, 0.6) is 0 Å². The van der Waals surface area contributed by atoms with Crippen molar-refractivity contribution in [3.63, 3.8) is 0 Å². The molecule has 7 N–H and O–H groups in total. The molecule has 5 heteroatoms. The number of unbranched alkanes of at least 4 members (excludes halogenated alkanes) is 3. The molecule has 0 aliphatic heterocycles. The van der Waals surface area contributed by atoms with Gasteiger partial charge in [0.2, 0.25) is 0 Å². The second-order valence-electron chi connectivity index (χ2n) is 5.30. The van der Waals surface area contributed by atoms with E-state index < -0.39 is 0 Å². The summed E-state index contributed by atoms with van der Waals surface area (Å²) in [6.45, 7) is 8.31. The Balaban J connectivity index is 2.89. The molecule has 0 fully saturated rings. The Kier molecular flexibility index (Phi) is 18.6. The van der Waals surface area contributed by atoms with Crippen LogP contribution in [0.4, 0.5) is 0 Å². The second-order valence-corrected chi connectivity index (χ2v) is 5.30. The topological polar surface area (TPSA) is 88.1 Å². The lowest BCUT2D eigenvalue weighted by Crippen LogP contribution is -2.22. The minimum atomic E-state index is 0.788. The van der Waals surface area contributed by atoms with Gasteiger partial charge in [-0.15, -0.1) is 0 Å². The summed E-state index contributed by atoms with van der Waals surface area (Å²) in [6, 6.07) is 0. The van der Waals surface area contributed by atoms with Gasteiger partial charge < -0.3 is 27.4 Å². The maximum atomic E-state index is 5.44. The minimum absolute atomic E-state index is 0.788. The fourth-order valence-electron chi connectivity index (χ4n) is 2.00. The molecule has 0 spiro atoms. The highest BCUT2D eigenvalue weighted by Crippen LogP contribution is 1.89. The van der Waals surface area contributed by atoms with E-state index in [1.54, 1.807) is 0 Å². The molecule has 0 bridgehead atoms. The predicted molar refractivity (Wildman–Crippen MR) is 89.0 cm³/mol. The Bertz CT molecular complexity index is 148. The maximum absolute atomic E-state index is 5.44. The van der Waals surface area contributed by atoms with Crippen molar-refractivity contribution in [1.29, 1.82) is 0 Å². The van der Waals surface area contributed by atoms with Crippen LogP contribution in [0.25, 0.3) is 0 Å². The Morgan fingerprint density at radius 3 is 1.05 bits per heavy atom. The van der Waals surface area contributed by atoms with E-state index in [2.05, 4.69) is 16.0 Å². The van der Waals surface area contributed by atoms with E-state index in [1.807, 2.05) is 0 Å². The molecule has 5 nitrogen and oxygen atoms in total. The molecule has 0 radical (unpaired) electrons. The van der Waals surface area contributed by atoms with Gasteiger partial charge in [0.1, 0.15) is 0 Å². The van der Waals surface area contributed by atoms with Crippen LogP contribution in [0.3, 0.4) is 0 Å². The van der Waals surface area contributed by atoms with E-state index in [1.165, 1.54) is 32.1 Å². The SMILES string of the molecule is NCCCCNCCCCNCCCCNCCCN. The van der Waals surface area contributed by atoms with Gasteiger partial charge in [-0.1, -0.05) is 0 Å². The van der Waals surface area contributed by atoms with Gasteiger partial charge in [-0.05, 0) is 97.3 Å². The third-order valence-corrected chi connectivity index (χ3v) is 3.28. The molecule has 0 saturated heterocycles. The quantitative estimate of drug-likeness (QED) is 0.250. The second kappa shape index (κ2) is 18.8. The van der Waals surface area contributed by atoms with Crippen LogP contribution in [0.2, 0.25) is 0 Å². The molecule has 0 aromatic rings. The van der Waals surface area contributed by atoms with E-state index in [4.69, 9.17) is 11.5 Å². The summed E-state index contributed by atoms with van der Waals surface area (Å²) in [5, 5.41) is 10.4. The van der Waals surface area contributed by atoms with E-state index in [-0.39, 0.29) is 0 Å². The zero-order valence-electron chi connectivity index (χ0n) is 13.3. The number of nitrogens with one attached hydrogen (secondary N) is 3. The molecule has 0 atom stereocenters. The van der Waals surface area contributed by atoms with Crippen LogP contribution >= 0.6 is 0 Å². The molecule has 0 amide bonds. The van der Waals surface area contributed by atoms with Crippen molar-refractivity contribution in [2.45, 2.75) is 44.9 Å². The average Bonchev–Trinajstić information content (AvgIpc) is 2.47. The summed E-state index contributed by atoms with van der Waals surface area (Å²) in [5.41, 5.74) is 10.9. The first-order valence-corrected chi connectivity index (χ1v) is 8.44. The van der Waals surface area contributed by atoms with Crippen molar-refractivity contribution < 1.29 is 0 Å². The molecule has 0 aliphatic carbocycles. The van der Waals surface area contributed by atoms with Gasteiger partial charge in [0, 0.05) is 0 Å².